The van der Waals surface area contributed by atoms with E-state index in [1.807, 2.05) is 79.0 Å². The van der Waals surface area contributed by atoms with Crippen LogP contribution in [0.1, 0.15) is 42.9 Å². The van der Waals surface area contributed by atoms with Crippen LogP contribution in [0.15, 0.2) is 79.0 Å². The molecule has 0 aliphatic rings. The van der Waals surface area contributed by atoms with Crippen LogP contribution in [0, 0.1) is 5.92 Å². The lowest BCUT2D eigenvalue weighted by molar-refractivity contribution is -0.121. The predicted molar refractivity (Wildman–Crippen MR) is 135 cm³/mol. The molecule has 1 amide bonds. The summed E-state index contributed by atoms with van der Waals surface area (Å²) in [6, 6.07) is 23.9. The van der Waals surface area contributed by atoms with Crippen molar-refractivity contribution in [2.45, 2.75) is 32.8 Å². The average molecular weight is 461 g/mol. The number of aromatic nitrogens is 1. The largest absolute Gasteiger partial charge is 0.489 e. The van der Waals surface area contributed by atoms with Crippen molar-refractivity contribution in [3.63, 3.8) is 0 Å². The van der Waals surface area contributed by atoms with Crippen molar-refractivity contribution < 1.29 is 9.53 Å². The molecule has 170 valence electrons. The highest BCUT2D eigenvalue weighted by Crippen LogP contribution is 2.35. The number of carbonyl (C=O) groups is 1. The van der Waals surface area contributed by atoms with Gasteiger partial charge in [0, 0.05) is 41.0 Å². The maximum atomic E-state index is 12.8. The van der Waals surface area contributed by atoms with E-state index in [9.17, 15) is 4.79 Å². The fourth-order valence-corrected chi connectivity index (χ4v) is 4.09. The van der Waals surface area contributed by atoms with E-state index in [2.05, 4.69) is 24.1 Å². The van der Waals surface area contributed by atoms with E-state index in [0.717, 1.165) is 33.3 Å². The Morgan fingerprint density at radius 2 is 1.79 bits per heavy atom. The SMILES string of the molecule is CC(C)CNC(=O)C[C@@H](c1ccc(OCc2ccccc2)cc1)c1c[nH]c2ccc(Cl)cc12. The topological polar surface area (TPSA) is 54.1 Å². The van der Waals surface area contributed by atoms with Crippen molar-refractivity contribution >= 4 is 28.4 Å². The van der Waals surface area contributed by atoms with Gasteiger partial charge in [-0.2, -0.15) is 0 Å². The van der Waals surface area contributed by atoms with Crippen LogP contribution < -0.4 is 10.1 Å². The van der Waals surface area contributed by atoms with E-state index >= 15 is 0 Å². The summed E-state index contributed by atoms with van der Waals surface area (Å²) in [5, 5.41) is 4.77. The molecule has 0 fully saturated rings. The standard InChI is InChI=1S/C28H29ClN2O2/c1-19(2)16-31-28(32)15-24(26-17-30-27-13-10-22(29)14-25(26)27)21-8-11-23(12-9-21)33-18-20-6-4-3-5-7-20/h3-14,17,19,24,30H,15-16,18H2,1-2H3,(H,31,32)/t24-/m0/s1. The third kappa shape index (κ3) is 5.96. The lowest BCUT2D eigenvalue weighted by atomic mass is 9.88. The second-order valence-electron chi connectivity index (χ2n) is 8.73. The van der Waals surface area contributed by atoms with Crippen LogP contribution in [-0.2, 0) is 11.4 Å². The van der Waals surface area contributed by atoms with Crippen LogP contribution >= 0.6 is 11.6 Å². The summed E-state index contributed by atoms with van der Waals surface area (Å²) in [4.78, 5) is 16.1. The Morgan fingerprint density at radius 1 is 1.03 bits per heavy atom. The minimum Gasteiger partial charge on any atom is -0.489 e. The fourth-order valence-electron chi connectivity index (χ4n) is 3.92. The minimum absolute atomic E-state index is 0.0366. The Balaban J connectivity index is 1.58. The zero-order valence-electron chi connectivity index (χ0n) is 19.0. The molecular weight excluding hydrogens is 432 g/mol. The highest BCUT2D eigenvalue weighted by Gasteiger charge is 2.22. The van der Waals surface area contributed by atoms with E-state index < -0.39 is 0 Å². The Hall–Kier alpha value is -3.24. The molecule has 33 heavy (non-hydrogen) atoms. The third-order valence-electron chi connectivity index (χ3n) is 5.68. The van der Waals surface area contributed by atoms with Gasteiger partial charge in [0.15, 0.2) is 0 Å². The number of fused-ring (bicyclic) bond motifs is 1. The number of benzene rings is 3. The summed E-state index contributed by atoms with van der Waals surface area (Å²) in [5.41, 5.74) is 4.24. The van der Waals surface area contributed by atoms with Gasteiger partial charge in [-0.1, -0.05) is 67.9 Å². The zero-order valence-corrected chi connectivity index (χ0v) is 19.7. The molecule has 1 aromatic heterocycles. The van der Waals surface area contributed by atoms with Crippen molar-refractivity contribution in [3.05, 3.63) is 101 Å². The summed E-state index contributed by atoms with van der Waals surface area (Å²) >= 11 is 6.28. The van der Waals surface area contributed by atoms with Gasteiger partial charge in [0.2, 0.25) is 5.91 Å². The number of hydrogen-bond donors (Lipinski definition) is 2. The molecule has 4 rings (SSSR count). The smallest absolute Gasteiger partial charge is 0.220 e. The highest BCUT2D eigenvalue weighted by atomic mass is 35.5. The van der Waals surface area contributed by atoms with Crippen molar-refractivity contribution in [1.29, 1.82) is 0 Å². The maximum Gasteiger partial charge on any atom is 0.220 e. The Labute approximate surface area is 199 Å². The first-order valence-electron chi connectivity index (χ1n) is 11.3. The second kappa shape index (κ2) is 10.6. The minimum atomic E-state index is -0.104. The maximum absolute atomic E-state index is 12.8. The molecule has 0 unspecified atom stereocenters. The number of nitrogens with one attached hydrogen (secondary N) is 2. The molecule has 0 bridgehead atoms. The molecule has 2 N–H and O–H groups in total. The van der Waals surface area contributed by atoms with Crippen LogP contribution in [0.5, 0.6) is 5.75 Å². The van der Waals surface area contributed by atoms with Crippen molar-refractivity contribution in [1.82, 2.24) is 10.3 Å². The Bertz CT molecular complexity index is 1200. The molecule has 0 saturated heterocycles. The number of amides is 1. The lowest BCUT2D eigenvalue weighted by Crippen LogP contribution is -2.28. The van der Waals surface area contributed by atoms with Gasteiger partial charge in [-0.3, -0.25) is 4.79 Å². The van der Waals surface area contributed by atoms with Gasteiger partial charge in [-0.05, 0) is 52.9 Å². The van der Waals surface area contributed by atoms with Crippen LogP contribution in [0.25, 0.3) is 10.9 Å². The van der Waals surface area contributed by atoms with E-state index in [1.165, 1.54) is 0 Å². The molecule has 0 spiro atoms. The zero-order chi connectivity index (χ0) is 23.2. The highest BCUT2D eigenvalue weighted by molar-refractivity contribution is 6.31. The average Bonchev–Trinajstić information content (AvgIpc) is 3.24. The number of H-pyrrole nitrogens is 1. The summed E-state index contributed by atoms with van der Waals surface area (Å²) in [6.07, 6.45) is 2.34. The van der Waals surface area contributed by atoms with Crippen LogP contribution in [0.4, 0.5) is 0 Å². The first-order valence-corrected chi connectivity index (χ1v) is 11.7. The number of aromatic amines is 1. The molecule has 0 radical (unpaired) electrons. The number of rotatable bonds is 9. The molecule has 1 atom stereocenters. The Morgan fingerprint density at radius 3 is 2.52 bits per heavy atom. The van der Waals surface area contributed by atoms with E-state index in [4.69, 9.17) is 16.3 Å². The normalized spacial score (nSPS) is 12.1. The molecule has 3 aromatic carbocycles. The second-order valence-corrected chi connectivity index (χ2v) is 9.17. The lowest BCUT2D eigenvalue weighted by Gasteiger charge is -2.18. The van der Waals surface area contributed by atoms with Crippen molar-refractivity contribution in [2.24, 2.45) is 5.92 Å². The van der Waals surface area contributed by atoms with Crippen molar-refractivity contribution in [3.8, 4) is 5.75 Å². The third-order valence-corrected chi connectivity index (χ3v) is 5.91. The van der Waals surface area contributed by atoms with Crippen molar-refractivity contribution in [2.75, 3.05) is 6.54 Å². The number of carbonyl (C=O) groups excluding carboxylic acids is 1. The summed E-state index contributed by atoms with van der Waals surface area (Å²) < 4.78 is 5.95. The molecule has 5 heteroatoms. The first kappa shape index (κ1) is 22.9. The molecule has 1 heterocycles. The van der Waals surface area contributed by atoms with Crippen LogP contribution in [-0.4, -0.2) is 17.4 Å². The Kier molecular flexibility index (Phi) is 7.36. The van der Waals surface area contributed by atoms with Crippen LogP contribution in [0.2, 0.25) is 5.02 Å². The predicted octanol–water partition coefficient (Wildman–Crippen LogP) is 6.69. The number of hydrogen-bond acceptors (Lipinski definition) is 2. The van der Waals surface area contributed by atoms with Gasteiger partial charge in [0.1, 0.15) is 12.4 Å². The summed E-state index contributed by atoms with van der Waals surface area (Å²) in [6.45, 7) is 5.36. The number of halogens is 1. The molecule has 0 saturated carbocycles. The molecular formula is C28H29ClN2O2. The van der Waals surface area contributed by atoms with E-state index in [0.29, 0.717) is 30.5 Å². The van der Waals surface area contributed by atoms with E-state index in [-0.39, 0.29) is 11.8 Å². The first-order chi connectivity index (χ1) is 16.0. The van der Waals surface area contributed by atoms with Gasteiger partial charge in [-0.15, -0.1) is 0 Å². The van der Waals surface area contributed by atoms with Gasteiger partial charge >= 0.3 is 0 Å². The molecule has 0 aliphatic carbocycles. The van der Waals surface area contributed by atoms with E-state index in [1.54, 1.807) is 0 Å². The fraction of sp³-hybridized carbons (Fsp3) is 0.250. The number of ether oxygens (including phenoxy) is 1. The molecule has 0 aliphatic heterocycles. The molecule has 4 aromatic rings. The van der Waals surface area contributed by atoms with Gasteiger partial charge in [-0.25, -0.2) is 0 Å². The molecule has 4 nitrogen and oxygen atoms in total. The monoisotopic (exact) mass is 460 g/mol. The van der Waals surface area contributed by atoms with Gasteiger partial charge < -0.3 is 15.0 Å². The summed E-state index contributed by atoms with van der Waals surface area (Å²) in [5.74, 6) is 1.13. The van der Waals surface area contributed by atoms with Gasteiger partial charge in [0.05, 0.1) is 0 Å². The van der Waals surface area contributed by atoms with Gasteiger partial charge in [0.25, 0.3) is 0 Å². The quantitative estimate of drug-likeness (QED) is 0.292. The summed E-state index contributed by atoms with van der Waals surface area (Å²) in [7, 11) is 0. The van der Waals surface area contributed by atoms with Crippen LogP contribution in [0.3, 0.4) is 0 Å².